The molecule has 3 heteroatoms. The van der Waals surface area contributed by atoms with Gasteiger partial charge in [-0.25, -0.2) is 0 Å². The molecule has 1 heterocycles. The lowest BCUT2D eigenvalue weighted by Crippen LogP contribution is -2.54. The lowest BCUT2D eigenvalue weighted by molar-refractivity contribution is 0.0595. The van der Waals surface area contributed by atoms with Crippen molar-refractivity contribution < 1.29 is 0 Å². The van der Waals surface area contributed by atoms with Crippen LogP contribution < -0.4 is 5.32 Å². The smallest absolute Gasteiger partial charge is 0.0512 e. The Morgan fingerprint density at radius 1 is 1.28 bits per heavy atom. The molecular weight excluding hydrogens is 240 g/mol. The minimum Gasteiger partial charge on any atom is -0.311 e. The van der Waals surface area contributed by atoms with Crippen LogP contribution in [0.5, 0.6) is 0 Å². The van der Waals surface area contributed by atoms with E-state index < -0.39 is 0 Å². The SMILES string of the molecule is CNC(c1csc(C)c1)C1(N(C)C)CCCCC1. The van der Waals surface area contributed by atoms with Crippen molar-refractivity contribution >= 4 is 11.3 Å². The molecule has 0 aromatic carbocycles. The molecule has 102 valence electrons. The van der Waals surface area contributed by atoms with Crippen molar-refractivity contribution in [2.45, 2.75) is 50.6 Å². The predicted molar refractivity (Wildman–Crippen MR) is 80.4 cm³/mol. The monoisotopic (exact) mass is 266 g/mol. The molecule has 0 saturated heterocycles. The van der Waals surface area contributed by atoms with E-state index >= 15 is 0 Å². The molecule has 1 aliphatic carbocycles. The summed E-state index contributed by atoms with van der Waals surface area (Å²) in [6.07, 6.45) is 6.73. The highest BCUT2D eigenvalue weighted by Crippen LogP contribution is 2.42. The van der Waals surface area contributed by atoms with E-state index in [0.717, 1.165) is 0 Å². The largest absolute Gasteiger partial charge is 0.311 e. The molecule has 0 spiro atoms. The molecule has 2 nitrogen and oxygen atoms in total. The van der Waals surface area contributed by atoms with Crippen molar-refractivity contribution in [3.63, 3.8) is 0 Å². The highest BCUT2D eigenvalue weighted by Gasteiger charge is 2.41. The first-order valence-corrected chi connectivity index (χ1v) is 7.88. The molecule has 1 aromatic rings. The minimum absolute atomic E-state index is 0.292. The van der Waals surface area contributed by atoms with Crippen molar-refractivity contribution in [1.82, 2.24) is 10.2 Å². The van der Waals surface area contributed by atoms with E-state index in [1.54, 1.807) is 0 Å². The summed E-state index contributed by atoms with van der Waals surface area (Å²) >= 11 is 1.86. The first-order chi connectivity index (χ1) is 8.60. The standard InChI is InChI=1S/C15H26N2S/c1-12-10-13(11-18-12)14(16-2)15(17(3)4)8-6-5-7-9-15/h10-11,14,16H,5-9H2,1-4H3. The molecule has 18 heavy (non-hydrogen) atoms. The predicted octanol–water partition coefficient (Wildman–Crippen LogP) is 3.58. The third kappa shape index (κ3) is 2.49. The maximum atomic E-state index is 3.59. The third-order valence-corrected chi connectivity index (χ3v) is 5.40. The van der Waals surface area contributed by atoms with Crippen LogP contribution in [-0.2, 0) is 0 Å². The van der Waals surface area contributed by atoms with Crippen LogP contribution in [0.15, 0.2) is 11.4 Å². The Morgan fingerprint density at radius 3 is 2.39 bits per heavy atom. The van der Waals surface area contributed by atoms with E-state index in [9.17, 15) is 0 Å². The van der Waals surface area contributed by atoms with Gasteiger partial charge in [-0.3, -0.25) is 0 Å². The van der Waals surface area contributed by atoms with Gasteiger partial charge >= 0.3 is 0 Å². The number of thiophene rings is 1. The van der Waals surface area contributed by atoms with Crippen molar-refractivity contribution in [2.75, 3.05) is 21.1 Å². The average molecular weight is 266 g/mol. The second-order valence-corrected chi connectivity index (χ2v) is 6.89. The Hall–Kier alpha value is -0.380. The molecule has 1 saturated carbocycles. The molecule has 0 aliphatic heterocycles. The lowest BCUT2D eigenvalue weighted by Gasteiger charge is -2.48. The number of nitrogens with one attached hydrogen (secondary N) is 1. The molecule has 1 atom stereocenters. The first kappa shape index (κ1) is 14.0. The van der Waals surface area contributed by atoms with Gasteiger partial charge in [-0.2, -0.15) is 0 Å². The molecule has 0 radical (unpaired) electrons. The van der Waals surface area contributed by atoms with E-state index in [4.69, 9.17) is 0 Å². The van der Waals surface area contributed by atoms with Gasteiger partial charge in [0.1, 0.15) is 0 Å². The summed E-state index contributed by atoms with van der Waals surface area (Å²) in [7, 11) is 6.60. The van der Waals surface area contributed by atoms with Crippen LogP contribution in [0.1, 0.15) is 48.6 Å². The zero-order valence-electron chi connectivity index (χ0n) is 12.1. The van der Waals surface area contributed by atoms with Gasteiger partial charge in [0.15, 0.2) is 0 Å². The zero-order valence-corrected chi connectivity index (χ0v) is 12.9. The maximum absolute atomic E-state index is 3.59. The van der Waals surface area contributed by atoms with E-state index in [1.165, 1.54) is 42.5 Å². The van der Waals surface area contributed by atoms with Crippen molar-refractivity contribution in [3.8, 4) is 0 Å². The maximum Gasteiger partial charge on any atom is 0.0512 e. The quantitative estimate of drug-likeness (QED) is 0.896. The Labute approximate surface area is 115 Å². The van der Waals surface area contributed by atoms with Gasteiger partial charge in [-0.05, 0) is 57.9 Å². The fraction of sp³-hybridized carbons (Fsp3) is 0.733. The molecule has 0 amide bonds. The Bertz CT molecular complexity index is 378. The van der Waals surface area contributed by atoms with E-state index in [2.05, 4.69) is 49.7 Å². The summed E-state index contributed by atoms with van der Waals surface area (Å²) in [5.41, 5.74) is 1.76. The van der Waals surface area contributed by atoms with E-state index in [0.29, 0.717) is 11.6 Å². The van der Waals surface area contributed by atoms with Crippen LogP contribution in [0.3, 0.4) is 0 Å². The normalized spacial score (nSPS) is 21.2. The molecular formula is C15H26N2S. The van der Waals surface area contributed by atoms with Crippen molar-refractivity contribution in [1.29, 1.82) is 0 Å². The van der Waals surface area contributed by atoms with Gasteiger partial charge < -0.3 is 10.2 Å². The summed E-state index contributed by atoms with van der Waals surface area (Å²) < 4.78 is 0. The first-order valence-electron chi connectivity index (χ1n) is 7.00. The van der Waals surface area contributed by atoms with Gasteiger partial charge in [0.25, 0.3) is 0 Å². The molecule has 1 aromatic heterocycles. The van der Waals surface area contributed by atoms with Crippen molar-refractivity contribution in [2.24, 2.45) is 0 Å². The summed E-state index contributed by atoms with van der Waals surface area (Å²) in [6, 6.07) is 2.81. The average Bonchev–Trinajstić information content (AvgIpc) is 2.77. The van der Waals surface area contributed by atoms with E-state index in [-0.39, 0.29) is 0 Å². The highest BCUT2D eigenvalue weighted by atomic mass is 32.1. The van der Waals surface area contributed by atoms with E-state index in [1.807, 2.05) is 11.3 Å². The summed E-state index contributed by atoms with van der Waals surface area (Å²) in [5.74, 6) is 0. The fourth-order valence-electron chi connectivity index (χ4n) is 3.52. The Balaban J connectivity index is 2.32. The molecule has 1 fully saturated rings. The lowest BCUT2D eigenvalue weighted by atomic mass is 9.73. The summed E-state index contributed by atoms with van der Waals surface area (Å²) in [4.78, 5) is 3.87. The van der Waals surface area contributed by atoms with Gasteiger partial charge in [-0.15, -0.1) is 11.3 Å². The van der Waals surface area contributed by atoms with Crippen LogP contribution in [0.4, 0.5) is 0 Å². The topological polar surface area (TPSA) is 15.3 Å². The molecule has 1 N–H and O–H groups in total. The Morgan fingerprint density at radius 2 is 1.94 bits per heavy atom. The van der Waals surface area contributed by atoms with Gasteiger partial charge in [0.05, 0.1) is 6.04 Å². The van der Waals surface area contributed by atoms with Crippen LogP contribution in [0.25, 0.3) is 0 Å². The minimum atomic E-state index is 0.292. The van der Waals surface area contributed by atoms with Gasteiger partial charge in [0, 0.05) is 10.4 Å². The van der Waals surface area contributed by atoms with Crippen LogP contribution >= 0.6 is 11.3 Å². The number of hydrogen-bond acceptors (Lipinski definition) is 3. The third-order valence-electron chi connectivity index (χ3n) is 4.52. The van der Waals surface area contributed by atoms with Gasteiger partial charge in [0.2, 0.25) is 0 Å². The zero-order chi connectivity index (χ0) is 13.2. The molecule has 2 rings (SSSR count). The summed E-state index contributed by atoms with van der Waals surface area (Å²) in [6.45, 7) is 2.20. The number of hydrogen-bond donors (Lipinski definition) is 1. The summed E-state index contributed by atoms with van der Waals surface area (Å²) in [5, 5.41) is 5.92. The highest BCUT2D eigenvalue weighted by molar-refractivity contribution is 7.10. The van der Waals surface area contributed by atoms with Gasteiger partial charge in [-0.1, -0.05) is 19.3 Å². The number of aryl methyl sites for hydroxylation is 1. The molecule has 0 bridgehead atoms. The van der Waals surface area contributed by atoms with Crippen LogP contribution in [0, 0.1) is 6.92 Å². The van der Waals surface area contributed by atoms with Crippen LogP contribution in [-0.4, -0.2) is 31.6 Å². The number of likely N-dealkylation sites (N-methyl/N-ethyl adjacent to an activating group) is 2. The molecule has 1 aliphatic rings. The fourth-order valence-corrected chi connectivity index (χ4v) is 4.25. The molecule has 1 unspecified atom stereocenters. The Kier molecular flexibility index (Phi) is 4.46. The number of rotatable bonds is 4. The second kappa shape index (κ2) is 5.72. The second-order valence-electron chi connectivity index (χ2n) is 5.77. The van der Waals surface area contributed by atoms with Crippen LogP contribution in [0.2, 0.25) is 0 Å². The van der Waals surface area contributed by atoms with Crippen molar-refractivity contribution in [3.05, 3.63) is 21.9 Å². The number of nitrogens with zero attached hydrogens (tertiary/aromatic N) is 1.